The summed E-state index contributed by atoms with van der Waals surface area (Å²) < 4.78 is 79.1. The van der Waals surface area contributed by atoms with Crippen LogP contribution in [0.25, 0.3) is 67.6 Å². The lowest BCUT2D eigenvalue weighted by Gasteiger charge is -2.12. The van der Waals surface area contributed by atoms with E-state index >= 15 is 0 Å². The number of sulfonamides is 1. The Hall–Kier alpha value is -14.7. The van der Waals surface area contributed by atoms with Gasteiger partial charge in [-0.05, 0) is 216 Å². The maximum absolute atomic E-state index is 12.7. The number of aromatic nitrogens is 12. The van der Waals surface area contributed by atoms with Crippen molar-refractivity contribution < 1.29 is 65.6 Å². The molecule has 0 fully saturated rings. The Bertz CT molecular complexity index is 6580. The number of carbonyl (C=O) groups is 3. The molecule has 0 saturated heterocycles. The third-order valence-corrected chi connectivity index (χ3v) is 21.0. The van der Waals surface area contributed by atoms with E-state index in [4.69, 9.17) is 54.8 Å². The van der Waals surface area contributed by atoms with Gasteiger partial charge >= 0.3 is 0 Å². The molecule has 16 rings (SSSR count). The number of hydrogen-bond donors (Lipinski definition) is 4. The molecule has 8 aromatic heterocycles. The Morgan fingerprint density at radius 3 is 1.10 bits per heavy atom. The van der Waals surface area contributed by atoms with Crippen molar-refractivity contribution in [1.82, 2.24) is 79.1 Å². The van der Waals surface area contributed by atoms with Gasteiger partial charge in [0.1, 0.15) is 49.4 Å². The second kappa shape index (κ2) is 44.7. The lowest BCUT2D eigenvalue weighted by Crippen LogP contribution is -2.23. The molecule has 16 aromatic rings. The van der Waals surface area contributed by atoms with Crippen LogP contribution in [0.15, 0.2) is 277 Å². The SMILES string of the molecule is COCCOc1cc(CNC(=O)c2ccc(C#N)cc2)cc(-c2cn3ncccc3n2)c1.COCCOc1cc(CNC(=O)c2ccc(Cl)cc2)cc(-c2cn3ncccc3n2)c1.COCCOc1cc(CNC(=O)c2cccc(Br)c2)cc(-c2cn3ncccc3n2)c1.COCCOc1cc(CNS(=O)(=O)c2cccc([N+](=O)[O-])c2)cc(-c2cn3ncccc3n2)c1. The van der Waals surface area contributed by atoms with Crippen LogP contribution in [0.2, 0.25) is 5.02 Å². The molecule has 0 radical (unpaired) electrons. The van der Waals surface area contributed by atoms with E-state index in [1.165, 1.54) is 18.2 Å². The average molecular weight is 1830 g/mol. The van der Waals surface area contributed by atoms with Gasteiger partial charge in [0.05, 0.1) is 95.4 Å². The maximum atomic E-state index is 12.7. The summed E-state index contributed by atoms with van der Waals surface area (Å²) in [4.78, 5) is 66.2. The molecule has 36 heteroatoms. The van der Waals surface area contributed by atoms with E-state index in [1.807, 2.05) is 134 Å². The number of nitriles is 1. The quantitative estimate of drug-likeness (QED) is 0.0165. The second-order valence-electron chi connectivity index (χ2n) is 28.0. The summed E-state index contributed by atoms with van der Waals surface area (Å²) in [6.07, 6.45) is 14.1. The van der Waals surface area contributed by atoms with Crippen LogP contribution in [-0.4, -0.2) is 171 Å². The predicted molar refractivity (Wildman–Crippen MR) is 481 cm³/mol. The van der Waals surface area contributed by atoms with E-state index in [2.05, 4.69) is 76.9 Å². The van der Waals surface area contributed by atoms with Gasteiger partial charge in [-0.1, -0.05) is 39.7 Å². The summed E-state index contributed by atoms with van der Waals surface area (Å²) in [6, 6.07) is 64.9. The highest BCUT2D eigenvalue weighted by molar-refractivity contribution is 9.10. The molecular formula is C92H84BrClN18O15S. The zero-order chi connectivity index (χ0) is 89.7. The van der Waals surface area contributed by atoms with Crippen LogP contribution < -0.4 is 39.6 Å². The largest absolute Gasteiger partial charge is 0.491 e. The number of nitro groups is 1. The van der Waals surface area contributed by atoms with Crippen molar-refractivity contribution in [2.45, 2.75) is 31.1 Å². The number of benzene rings is 8. The first-order chi connectivity index (χ1) is 62.2. The Kier molecular flexibility index (Phi) is 31.8. The molecule has 0 atom stereocenters. The highest BCUT2D eigenvalue weighted by Crippen LogP contribution is 2.32. The van der Waals surface area contributed by atoms with Crippen LogP contribution in [0.1, 0.15) is 58.9 Å². The van der Waals surface area contributed by atoms with Gasteiger partial charge in [-0.3, -0.25) is 24.5 Å². The van der Waals surface area contributed by atoms with Crippen molar-refractivity contribution in [1.29, 1.82) is 5.26 Å². The number of nitrogens with zero attached hydrogens (tertiary/aromatic N) is 14. The van der Waals surface area contributed by atoms with Crippen molar-refractivity contribution in [3.05, 3.63) is 332 Å². The lowest BCUT2D eigenvalue weighted by molar-refractivity contribution is -0.385. The Morgan fingerprint density at radius 2 is 0.766 bits per heavy atom. The molecule has 0 aliphatic rings. The van der Waals surface area contributed by atoms with Crippen LogP contribution in [0.3, 0.4) is 0 Å². The molecule has 652 valence electrons. The normalized spacial score (nSPS) is 11.0. The fraction of sp³-hybridized carbons (Fsp3) is 0.174. The van der Waals surface area contributed by atoms with Gasteiger partial charge in [-0.2, -0.15) is 25.7 Å². The number of non-ortho nitro benzene ring substituents is 1. The molecule has 3 amide bonds. The van der Waals surface area contributed by atoms with E-state index in [0.29, 0.717) is 145 Å². The van der Waals surface area contributed by atoms with E-state index < -0.39 is 14.9 Å². The summed E-state index contributed by atoms with van der Waals surface area (Å²) in [5.41, 5.74) is 14.3. The number of amides is 3. The number of carbonyl (C=O) groups excluding carboxylic acids is 3. The Labute approximate surface area is 747 Å². The van der Waals surface area contributed by atoms with Crippen LogP contribution in [0.5, 0.6) is 23.0 Å². The summed E-state index contributed by atoms with van der Waals surface area (Å²) in [5.74, 6) is 1.99. The topological polar surface area (TPSA) is 395 Å². The minimum absolute atomic E-state index is 0.0644. The van der Waals surface area contributed by atoms with Crippen molar-refractivity contribution in [2.75, 3.05) is 81.3 Å². The van der Waals surface area contributed by atoms with E-state index in [0.717, 1.165) is 77.9 Å². The number of fused-ring (bicyclic) bond motifs is 4. The molecule has 4 N–H and O–H groups in total. The van der Waals surface area contributed by atoms with Gasteiger partial charge in [0, 0.05) is 140 Å². The number of halogens is 2. The average Bonchev–Trinajstić information content (AvgIpc) is 1.73. The van der Waals surface area contributed by atoms with Crippen molar-refractivity contribution in [2.24, 2.45) is 0 Å². The number of ether oxygens (including phenoxy) is 8. The molecule has 33 nitrogen and oxygen atoms in total. The van der Waals surface area contributed by atoms with Gasteiger partial charge in [0.25, 0.3) is 23.4 Å². The zero-order valence-corrected chi connectivity index (χ0v) is 72.6. The van der Waals surface area contributed by atoms with E-state index in [9.17, 15) is 32.9 Å². The minimum atomic E-state index is -3.99. The van der Waals surface area contributed by atoms with Crippen molar-refractivity contribution >= 4 is 83.6 Å². The summed E-state index contributed by atoms with van der Waals surface area (Å²) >= 11 is 9.29. The van der Waals surface area contributed by atoms with E-state index in [1.54, 1.807) is 162 Å². The van der Waals surface area contributed by atoms with Gasteiger partial charge in [0.15, 0.2) is 22.6 Å². The highest BCUT2D eigenvalue weighted by Gasteiger charge is 2.21. The first-order valence-electron chi connectivity index (χ1n) is 39.6. The van der Waals surface area contributed by atoms with Crippen LogP contribution in [0.4, 0.5) is 5.69 Å². The van der Waals surface area contributed by atoms with Crippen LogP contribution >= 0.6 is 27.5 Å². The molecule has 0 aliphatic carbocycles. The molecule has 0 spiro atoms. The number of nitro benzene ring substituents is 1. The number of imidazole rings is 4. The number of methoxy groups -OCH3 is 4. The van der Waals surface area contributed by atoms with Crippen LogP contribution in [-0.2, 0) is 55.1 Å². The fourth-order valence-electron chi connectivity index (χ4n) is 12.6. The highest BCUT2D eigenvalue weighted by atomic mass is 79.9. The monoisotopic (exact) mass is 1830 g/mol. The van der Waals surface area contributed by atoms with Gasteiger partial charge < -0.3 is 53.8 Å². The summed E-state index contributed by atoms with van der Waals surface area (Å²) in [7, 11) is 2.45. The second-order valence-corrected chi connectivity index (χ2v) is 31.1. The first-order valence-corrected chi connectivity index (χ1v) is 42.3. The van der Waals surface area contributed by atoms with Crippen LogP contribution in [0, 0.1) is 21.4 Å². The Morgan fingerprint density at radius 1 is 0.422 bits per heavy atom. The first kappa shape index (κ1) is 91.0. The smallest absolute Gasteiger partial charge is 0.270 e. The molecule has 0 aliphatic heterocycles. The number of rotatable bonds is 34. The zero-order valence-electron chi connectivity index (χ0n) is 69.4. The predicted octanol–water partition coefficient (Wildman–Crippen LogP) is 14.2. The maximum Gasteiger partial charge on any atom is 0.270 e. The molecular weight excluding hydrogens is 1740 g/mol. The molecule has 0 unspecified atom stereocenters. The fourth-order valence-corrected chi connectivity index (χ4v) is 14.2. The third-order valence-electron chi connectivity index (χ3n) is 18.9. The van der Waals surface area contributed by atoms with Gasteiger partial charge in [-0.25, -0.2) is 51.1 Å². The number of nitrogens with one attached hydrogen (secondary N) is 4. The minimum Gasteiger partial charge on any atom is -0.491 e. The van der Waals surface area contributed by atoms with Crippen molar-refractivity contribution in [3.8, 4) is 74.1 Å². The lowest BCUT2D eigenvalue weighted by atomic mass is 10.1. The standard InChI is InChI=1S/C24H21N5O3.C23H21BrN4O3.C23H21ClN4O3.C22H21N5O6S/c1-31-9-10-32-21-12-18(15-26-24(30)19-6-4-17(14-25)5-7-19)11-20(13-21)22-16-29-23(28-22)3-2-8-27-29;1-30-8-9-31-20-11-16(14-25-23(29)17-4-2-5-19(24)12-17)10-18(13-20)21-15-28-22(27-21)6-3-7-26-28;1-30-9-10-31-20-12-16(14-25-23(29)17-4-6-19(24)7-5-17)11-18(13-20)21-15-28-22(27-21)3-2-8-26-28;1-32-8-9-33-19-11-16(10-17(12-19)21-15-26-22(25-21)6-3-7-23-26)14-24-34(30,31)20-5-2-4-18(13-20)27(28)29/h2-8,11-13,16H,9-10,15H2,1H3,(H,26,30);2-7,10-13,15H,8-9,14H2,1H3,(H,25,29);2-8,11-13,15H,9-10,14H2,1H3,(H,25,29);2-7,10-13,15,24H,8-9,14H2,1H3. The van der Waals surface area contributed by atoms with Gasteiger partial charge in [-0.15, -0.1) is 0 Å². The summed E-state index contributed by atoms with van der Waals surface area (Å²) in [6.45, 7) is 4.30. The van der Waals surface area contributed by atoms with Crippen molar-refractivity contribution in [3.63, 3.8) is 0 Å². The van der Waals surface area contributed by atoms with E-state index in [-0.39, 0.29) is 34.8 Å². The summed E-state index contributed by atoms with van der Waals surface area (Å²) in [5, 5.41) is 46.3. The number of hydrogen-bond acceptors (Lipinski definition) is 24. The molecule has 128 heavy (non-hydrogen) atoms. The Balaban J connectivity index is 0.000000146. The molecule has 8 aromatic carbocycles. The molecule has 0 saturated carbocycles. The third kappa shape index (κ3) is 25.5. The van der Waals surface area contributed by atoms with Gasteiger partial charge in [0.2, 0.25) is 10.0 Å². The molecule has 0 bridgehead atoms. The molecule has 8 heterocycles.